The molecule has 100 valence electrons. The van der Waals surface area contributed by atoms with Gasteiger partial charge in [-0.1, -0.05) is 19.8 Å². The third-order valence-electron chi connectivity index (χ3n) is 4.12. The summed E-state index contributed by atoms with van der Waals surface area (Å²) >= 11 is 0. The fourth-order valence-electron chi connectivity index (χ4n) is 2.69. The van der Waals surface area contributed by atoms with Crippen LogP contribution in [0.25, 0.3) is 0 Å². The fourth-order valence-corrected chi connectivity index (χ4v) is 2.69. The Morgan fingerprint density at radius 2 is 1.88 bits per heavy atom. The Kier molecular flexibility index (Phi) is 5.26. The summed E-state index contributed by atoms with van der Waals surface area (Å²) in [7, 11) is 0. The lowest BCUT2D eigenvalue weighted by atomic mass is 9.83. The molecule has 0 aromatic carbocycles. The van der Waals surface area contributed by atoms with Crippen LogP contribution in [0.4, 0.5) is 0 Å². The van der Waals surface area contributed by atoms with Crippen LogP contribution in [0, 0.1) is 5.92 Å². The van der Waals surface area contributed by atoms with E-state index in [1.54, 1.807) is 0 Å². The second-order valence-corrected chi connectivity index (χ2v) is 5.64. The molecule has 0 radical (unpaired) electrons. The third-order valence-corrected chi connectivity index (χ3v) is 4.12. The zero-order valence-electron chi connectivity index (χ0n) is 10.7. The summed E-state index contributed by atoms with van der Waals surface area (Å²) in [6.07, 6.45) is 9.20. The van der Waals surface area contributed by atoms with Crippen LogP contribution in [0.15, 0.2) is 0 Å². The number of amides is 1. The van der Waals surface area contributed by atoms with E-state index in [0.29, 0.717) is 6.04 Å². The van der Waals surface area contributed by atoms with Crippen LogP contribution in [-0.4, -0.2) is 17.5 Å². The molecule has 0 unspecified atom stereocenters. The molecule has 3 nitrogen and oxygen atoms in total. The van der Waals surface area contributed by atoms with E-state index in [1.807, 2.05) is 0 Å². The fraction of sp³-hybridized carbons (Fsp3) is 0.923. The average Bonchev–Trinajstić information content (AvgIpc) is 3.01. The highest BCUT2D eigenvalue weighted by molar-refractivity contribution is 5.89. The van der Waals surface area contributed by atoms with Gasteiger partial charge in [-0.3, -0.25) is 4.79 Å². The molecule has 3 N–H and O–H groups in total. The number of nitrogens with one attached hydrogen (secondary N) is 1. The van der Waals surface area contributed by atoms with Crippen LogP contribution in [0.2, 0.25) is 0 Å². The van der Waals surface area contributed by atoms with Gasteiger partial charge in [0.05, 0.1) is 5.54 Å². The maximum absolute atomic E-state index is 11.8. The summed E-state index contributed by atoms with van der Waals surface area (Å²) in [5, 5.41) is 3.12. The molecule has 2 aliphatic rings. The lowest BCUT2D eigenvalue weighted by molar-refractivity contribution is -0.124. The topological polar surface area (TPSA) is 55.1 Å². The van der Waals surface area contributed by atoms with Crippen molar-refractivity contribution in [2.45, 2.75) is 69.9 Å². The quantitative estimate of drug-likeness (QED) is 0.815. The zero-order valence-corrected chi connectivity index (χ0v) is 11.5. The van der Waals surface area contributed by atoms with Crippen molar-refractivity contribution in [1.82, 2.24) is 5.32 Å². The Morgan fingerprint density at radius 1 is 1.29 bits per heavy atom. The minimum Gasteiger partial charge on any atom is -0.352 e. The monoisotopic (exact) mass is 260 g/mol. The number of carbonyl (C=O) groups is 1. The number of carbonyl (C=O) groups excluding carboxylic acids is 1. The maximum Gasteiger partial charge on any atom is 0.240 e. The van der Waals surface area contributed by atoms with E-state index in [4.69, 9.17) is 5.73 Å². The van der Waals surface area contributed by atoms with Gasteiger partial charge in [-0.25, -0.2) is 0 Å². The van der Waals surface area contributed by atoms with Gasteiger partial charge in [0, 0.05) is 6.04 Å². The smallest absolute Gasteiger partial charge is 0.240 e. The van der Waals surface area contributed by atoms with Gasteiger partial charge in [0.2, 0.25) is 5.91 Å². The van der Waals surface area contributed by atoms with Crippen molar-refractivity contribution in [2.75, 3.05) is 0 Å². The van der Waals surface area contributed by atoms with Gasteiger partial charge in [0.25, 0.3) is 0 Å². The molecule has 2 saturated carbocycles. The minimum atomic E-state index is -0.500. The van der Waals surface area contributed by atoms with Crippen LogP contribution < -0.4 is 11.1 Å². The molecule has 2 rings (SSSR count). The highest BCUT2D eigenvalue weighted by atomic mass is 35.5. The van der Waals surface area contributed by atoms with E-state index in [0.717, 1.165) is 31.6 Å². The summed E-state index contributed by atoms with van der Waals surface area (Å²) in [5.41, 5.74) is 5.37. The number of halogens is 1. The molecule has 2 aliphatic carbocycles. The van der Waals surface area contributed by atoms with Gasteiger partial charge >= 0.3 is 0 Å². The third kappa shape index (κ3) is 3.85. The molecule has 4 heteroatoms. The van der Waals surface area contributed by atoms with Gasteiger partial charge in [-0.15, -0.1) is 12.4 Å². The first-order valence-electron chi connectivity index (χ1n) is 6.74. The summed E-state index contributed by atoms with van der Waals surface area (Å²) in [6.45, 7) is 2.25. The molecule has 17 heavy (non-hydrogen) atoms. The molecular formula is C13H25ClN2O. The first kappa shape index (κ1) is 14.8. The summed E-state index contributed by atoms with van der Waals surface area (Å²) in [6, 6.07) is 0.390. The summed E-state index contributed by atoms with van der Waals surface area (Å²) in [4.78, 5) is 11.8. The van der Waals surface area contributed by atoms with Crippen LogP contribution in [0.3, 0.4) is 0 Å². The van der Waals surface area contributed by atoms with Crippen LogP contribution in [0.1, 0.15) is 58.3 Å². The standard InChI is InChI=1S/C13H24N2O.ClH/c1-2-3-10-4-6-11(7-5-10)15-12(16)13(14)8-9-13;/h10-11H,2-9,14H2,1H3,(H,15,16);1H. The molecule has 0 aliphatic heterocycles. The molecule has 0 atom stereocenters. The van der Waals surface area contributed by atoms with Crippen LogP contribution in [-0.2, 0) is 4.79 Å². The maximum atomic E-state index is 11.8. The van der Waals surface area contributed by atoms with Crippen LogP contribution in [0.5, 0.6) is 0 Å². The molecule has 0 bridgehead atoms. The lowest BCUT2D eigenvalue weighted by Gasteiger charge is -2.29. The van der Waals surface area contributed by atoms with E-state index in [2.05, 4.69) is 12.2 Å². The second kappa shape index (κ2) is 6.05. The number of hydrogen-bond acceptors (Lipinski definition) is 2. The minimum absolute atomic E-state index is 0. The summed E-state index contributed by atoms with van der Waals surface area (Å²) < 4.78 is 0. The number of rotatable bonds is 4. The Hall–Kier alpha value is -0.280. The van der Waals surface area contributed by atoms with E-state index >= 15 is 0 Å². The van der Waals surface area contributed by atoms with E-state index in [9.17, 15) is 4.79 Å². The van der Waals surface area contributed by atoms with Crippen molar-refractivity contribution < 1.29 is 4.79 Å². The Labute approximate surface area is 110 Å². The van der Waals surface area contributed by atoms with Gasteiger partial charge in [0.1, 0.15) is 0 Å². The molecule has 1 amide bonds. The van der Waals surface area contributed by atoms with Crippen LogP contribution >= 0.6 is 12.4 Å². The Bertz CT molecular complexity index is 258. The normalized spacial score (nSPS) is 30.2. The Balaban J connectivity index is 0.00000144. The van der Waals surface area contributed by atoms with Crippen molar-refractivity contribution in [2.24, 2.45) is 11.7 Å². The molecule has 0 heterocycles. The predicted molar refractivity (Wildman–Crippen MR) is 72.2 cm³/mol. The van der Waals surface area contributed by atoms with E-state index < -0.39 is 5.54 Å². The van der Waals surface area contributed by atoms with Gasteiger partial charge in [-0.05, 0) is 44.4 Å². The first-order valence-corrected chi connectivity index (χ1v) is 6.74. The molecule has 2 fully saturated rings. The van der Waals surface area contributed by atoms with Gasteiger partial charge in [-0.2, -0.15) is 0 Å². The average molecular weight is 261 g/mol. The first-order chi connectivity index (χ1) is 7.64. The molecular weight excluding hydrogens is 236 g/mol. The predicted octanol–water partition coefficient (Wildman–Crippen LogP) is 2.37. The van der Waals surface area contributed by atoms with Crippen molar-refractivity contribution in [3.8, 4) is 0 Å². The molecule has 0 spiro atoms. The van der Waals surface area contributed by atoms with E-state index in [-0.39, 0.29) is 18.3 Å². The SMILES string of the molecule is CCCC1CCC(NC(=O)C2(N)CC2)CC1.Cl. The van der Waals surface area contributed by atoms with Crippen molar-refractivity contribution in [1.29, 1.82) is 0 Å². The number of hydrogen-bond donors (Lipinski definition) is 2. The largest absolute Gasteiger partial charge is 0.352 e. The van der Waals surface area contributed by atoms with Crippen molar-refractivity contribution in [3.63, 3.8) is 0 Å². The Morgan fingerprint density at radius 3 is 2.35 bits per heavy atom. The lowest BCUT2D eigenvalue weighted by Crippen LogP contribution is -2.48. The van der Waals surface area contributed by atoms with Crippen molar-refractivity contribution >= 4 is 18.3 Å². The van der Waals surface area contributed by atoms with E-state index in [1.165, 1.54) is 25.7 Å². The summed E-state index contributed by atoms with van der Waals surface area (Å²) in [5.74, 6) is 0.984. The molecule has 0 aromatic rings. The molecule has 0 saturated heterocycles. The van der Waals surface area contributed by atoms with Gasteiger partial charge < -0.3 is 11.1 Å². The number of nitrogens with two attached hydrogens (primary N) is 1. The van der Waals surface area contributed by atoms with Crippen molar-refractivity contribution in [3.05, 3.63) is 0 Å². The highest BCUT2D eigenvalue weighted by Gasteiger charge is 2.46. The molecule has 0 aromatic heterocycles. The highest BCUT2D eigenvalue weighted by Crippen LogP contribution is 2.33. The second-order valence-electron chi connectivity index (χ2n) is 5.64. The van der Waals surface area contributed by atoms with Gasteiger partial charge in [0.15, 0.2) is 0 Å². The zero-order chi connectivity index (χ0) is 11.6.